The molecule has 0 N–H and O–H groups in total. The maximum absolute atomic E-state index is 11.8. The first-order chi connectivity index (χ1) is 7.50. The van der Waals surface area contributed by atoms with Crippen LogP contribution in [0.25, 0.3) is 0 Å². The van der Waals surface area contributed by atoms with Crippen molar-refractivity contribution in [3.05, 3.63) is 44.4 Å². The molecule has 86 valence electrons. The van der Waals surface area contributed by atoms with Crippen molar-refractivity contribution in [3.8, 4) is 0 Å². The zero-order valence-corrected chi connectivity index (χ0v) is 11.2. The second-order valence-corrected chi connectivity index (χ2v) is 5.14. The highest BCUT2D eigenvalue weighted by atomic mass is 35.5. The van der Waals surface area contributed by atoms with E-state index in [4.69, 9.17) is 46.4 Å². The largest absolute Gasteiger partial charge is 0.289 e. The van der Waals surface area contributed by atoms with Gasteiger partial charge in [0, 0.05) is 11.1 Å². The van der Waals surface area contributed by atoms with Crippen LogP contribution in [0.1, 0.15) is 12.8 Å². The van der Waals surface area contributed by atoms with Crippen molar-refractivity contribution < 1.29 is 4.79 Å². The molecule has 0 aromatic carbocycles. The third kappa shape index (κ3) is 4.34. The van der Waals surface area contributed by atoms with Gasteiger partial charge in [-0.1, -0.05) is 58.6 Å². The molecule has 0 heterocycles. The highest BCUT2D eigenvalue weighted by Crippen LogP contribution is 2.27. The Balaban J connectivity index is 2.83. The van der Waals surface area contributed by atoms with Gasteiger partial charge >= 0.3 is 0 Å². The van der Waals surface area contributed by atoms with Crippen LogP contribution >= 0.6 is 46.4 Å². The van der Waals surface area contributed by atoms with Crippen molar-refractivity contribution in [1.82, 2.24) is 0 Å². The van der Waals surface area contributed by atoms with Gasteiger partial charge in [0.1, 0.15) is 8.98 Å². The number of rotatable bonds is 2. The fourth-order valence-electron chi connectivity index (χ4n) is 1.35. The number of carbonyl (C=O) groups excluding carboxylic acids is 1. The SMILES string of the molecule is O=C1/C(=C/C=C(Cl)Cl)CC/C1=C\C=C(Cl)Cl. The molecule has 0 atom stereocenters. The average molecular weight is 298 g/mol. The minimum atomic E-state index is -0.0170. The van der Waals surface area contributed by atoms with E-state index in [0.29, 0.717) is 24.0 Å². The molecule has 0 aromatic heterocycles. The van der Waals surface area contributed by atoms with E-state index in [2.05, 4.69) is 0 Å². The highest BCUT2D eigenvalue weighted by molar-refractivity contribution is 6.56. The van der Waals surface area contributed by atoms with Gasteiger partial charge in [0.2, 0.25) is 0 Å². The molecule has 0 bridgehead atoms. The summed E-state index contributed by atoms with van der Waals surface area (Å²) in [6.45, 7) is 0. The molecule has 5 heteroatoms. The lowest BCUT2D eigenvalue weighted by Crippen LogP contribution is -1.94. The van der Waals surface area contributed by atoms with Crippen LogP contribution in [0.15, 0.2) is 44.4 Å². The summed E-state index contributed by atoms with van der Waals surface area (Å²) in [4.78, 5) is 11.8. The maximum Gasteiger partial charge on any atom is 0.185 e. The predicted molar refractivity (Wildman–Crippen MR) is 70.0 cm³/mol. The first kappa shape index (κ1) is 13.9. The highest BCUT2D eigenvalue weighted by Gasteiger charge is 2.21. The van der Waals surface area contributed by atoms with E-state index in [1.807, 2.05) is 0 Å². The topological polar surface area (TPSA) is 17.1 Å². The summed E-state index contributed by atoms with van der Waals surface area (Å²) in [6, 6.07) is 0. The summed E-state index contributed by atoms with van der Waals surface area (Å²) in [5.74, 6) is -0.0170. The third-order valence-corrected chi connectivity index (χ3v) is 2.57. The molecule has 1 aliphatic rings. The normalized spacial score (nSPS) is 20.4. The quantitative estimate of drug-likeness (QED) is 0.667. The minimum absolute atomic E-state index is 0.0170. The molecule has 1 aliphatic carbocycles. The van der Waals surface area contributed by atoms with E-state index in [0.717, 1.165) is 0 Å². The van der Waals surface area contributed by atoms with Crippen LogP contribution in [-0.2, 0) is 4.79 Å². The molecule has 1 rings (SSSR count). The van der Waals surface area contributed by atoms with Crippen molar-refractivity contribution in [1.29, 1.82) is 0 Å². The summed E-state index contributed by atoms with van der Waals surface area (Å²) >= 11 is 21.8. The van der Waals surface area contributed by atoms with Gasteiger partial charge in [0.25, 0.3) is 0 Å². The molecule has 0 aliphatic heterocycles. The van der Waals surface area contributed by atoms with E-state index in [9.17, 15) is 4.79 Å². The summed E-state index contributed by atoms with van der Waals surface area (Å²) in [6.07, 6.45) is 7.59. The Kier molecular flexibility index (Phi) is 5.63. The molecule has 1 nitrogen and oxygen atoms in total. The molecular weight excluding hydrogens is 290 g/mol. The standard InChI is InChI=1S/C11H8Cl4O/c12-9(13)5-3-7-1-2-8(11(7)16)4-6-10(14)15/h3-6H,1-2H2/b7-3+,8-4+. The lowest BCUT2D eigenvalue weighted by atomic mass is 10.1. The summed E-state index contributed by atoms with van der Waals surface area (Å²) in [5, 5.41) is 0. The summed E-state index contributed by atoms with van der Waals surface area (Å²) in [5.41, 5.74) is 1.37. The van der Waals surface area contributed by atoms with E-state index < -0.39 is 0 Å². The van der Waals surface area contributed by atoms with E-state index in [1.165, 1.54) is 12.2 Å². The summed E-state index contributed by atoms with van der Waals surface area (Å²) < 4.78 is 0.253. The predicted octanol–water partition coefficient (Wildman–Crippen LogP) is 4.84. The van der Waals surface area contributed by atoms with Gasteiger partial charge in [0.15, 0.2) is 5.78 Å². The van der Waals surface area contributed by atoms with Crippen LogP contribution in [0.5, 0.6) is 0 Å². The molecule has 1 saturated carbocycles. The number of hydrogen-bond acceptors (Lipinski definition) is 1. The molecule has 0 unspecified atom stereocenters. The van der Waals surface area contributed by atoms with Gasteiger partial charge < -0.3 is 0 Å². The molecule has 0 radical (unpaired) electrons. The number of ketones is 1. The second-order valence-electron chi connectivity index (χ2n) is 3.13. The molecule has 0 aromatic rings. The van der Waals surface area contributed by atoms with Gasteiger partial charge in [-0.25, -0.2) is 0 Å². The molecular formula is C11H8Cl4O. The van der Waals surface area contributed by atoms with Crippen LogP contribution in [0.3, 0.4) is 0 Å². The van der Waals surface area contributed by atoms with E-state index >= 15 is 0 Å². The second kappa shape index (κ2) is 6.51. The fraction of sp³-hybridized carbons (Fsp3) is 0.182. The fourth-order valence-corrected chi connectivity index (χ4v) is 1.60. The monoisotopic (exact) mass is 296 g/mol. The molecule has 16 heavy (non-hydrogen) atoms. The summed E-state index contributed by atoms with van der Waals surface area (Å²) in [7, 11) is 0. The van der Waals surface area contributed by atoms with Crippen LogP contribution < -0.4 is 0 Å². The lowest BCUT2D eigenvalue weighted by molar-refractivity contribution is -0.111. The smallest absolute Gasteiger partial charge is 0.185 e. The van der Waals surface area contributed by atoms with E-state index in [1.54, 1.807) is 12.2 Å². The Morgan fingerprint density at radius 2 is 1.25 bits per heavy atom. The maximum atomic E-state index is 11.8. The van der Waals surface area contributed by atoms with Crippen LogP contribution in [-0.4, -0.2) is 5.78 Å². The van der Waals surface area contributed by atoms with Gasteiger partial charge in [-0.3, -0.25) is 4.79 Å². The van der Waals surface area contributed by atoms with E-state index in [-0.39, 0.29) is 14.8 Å². The zero-order valence-electron chi connectivity index (χ0n) is 8.14. The van der Waals surface area contributed by atoms with Crippen LogP contribution in [0, 0.1) is 0 Å². The Bertz CT molecular complexity index is 370. The van der Waals surface area contributed by atoms with Gasteiger partial charge in [0.05, 0.1) is 0 Å². The lowest BCUT2D eigenvalue weighted by Gasteiger charge is -1.91. The Morgan fingerprint density at radius 3 is 1.56 bits per heavy atom. The van der Waals surface area contributed by atoms with Gasteiger partial charge in [-0.05, 0) is 25.0 Å². The van der Waals surface area contributed by atoms with Crippen molar-refractivity contribution >= 4 is 52.2 Å². The molecule has 0 saturated heterocycles. The van der Waals surface area contributed by atoms with Crippen molar-refractivity contribution in [2.45, 2.75) is 12.8 Å². The van der Waals surface area contributed by atoms with Gasteiger partial charge in [-0.15, -0.1) is 0 Å². The molecule has 0 amide bonds. The number of carbonyl (C=O) groups is 1. The minimum Gasteiger partial charge on any atom is -0.289 e. The zero-order chi connectivity index (χ0) is 12.1. The molecule has 0 spiro atoms. The van der Waals surface area contributed by atoms with Crippen molar-refractivity contribution in [3.63, 3.8) is 0 Å². The van der Waals surface area contributed by atoms with Crippen molar-refractivity contribution in [2.75, 3.05) is 0 Å². The average Bonchev–Trinajstić information content (AvgIpc) is 2.53. The molecule has 1 fully saturated rings. The van der Waals surface area contributed by atoms with Crippen LogP contribution in [0.2, 0.25) is 0 Å². The number of Topliss-reactive ketones (excluding diaryl/α,β-unsaturated/α-hetero) is 1. The number of hydrogen-bond donors (Lipinski definition) is 0. The third-order valence-electron chi connectivity index (χ3n) is 2.07. The van der Waals surface area contributed by atoms with Crippen molar-refractivity contribution in [2.24, 2.45) is 0 Å². The van der Waals surface area contributed by atoms with Gasteiger partial charge in [-0.2, -0.15) is 0 Å². The Hall–Kier alpha value is -0.210. The van der Waals surface area contributed by atoms with Crippen LogP contribution in [0.4, 0.5) is 0 Å². The Morgan fingerprint density at radius 1 is 0.875 bits per heavy atom. The Labute approximate surface area is 114 Å². The number of allylic oxidation sites excluding steroid dienone is 6. The number of halogens is 4. The first-order valence-electron chi connectivity index (χ1n) is 4.49. The first-order valence-corrected chi connectivity index (χ1v) is 6.00.